The van der Waals surface area contributed by atoms with Gasteiger partial charge in [0.15, 0.2) is 0 Å². The molecule has 15 heavy (non-hydrogen) atoms. The van der Waals surface area contributed by atoms with Crippen molar-refractivity contribution in [2.75, 3.05) is 0 Å². The Morgan fingerprint density at radius 3 is 2.40 bits per heavy atom. The molecule has 0 unspecified atom stereocenters. The second-order valence-electron chi connectivity index (χ2n) is 4.26. The van der Waals surface area contributed by atoms with Gasteiger partial charge in [0.1, 0.15) is 0 Å². The summed E-state index contributed by atoms with van der Waals surface area (Å²) >= 11 is 1.38. The van der Waals surface area contributed by atoms with Crippen molar-refractivity contribution in [1.82, 2.24) is 0 Å². The molecule has 2 aliphatic rings. The predicted molar refractivity (Wildman–Crippen MR) is 52.9 cm³/mol. The summed E-state index contributed by atoms with van der Waals surface area (Å²) in [5.74, 6) is 0. The van der Waals surface area contributed by atoms with Gasteiger partial charge in [-0.2, -0.15) is 13.2 Å². The summed E-state index contributed by atoms with van der Waals surface area (Å²) in [6.07, 6.45) is -2.55. The minimum atomic E-state index is -4.67. The third-order valence-corrected chi connectivity index (χ3v) is 4.37. The van der Waals surface area contributed by atoms with Crippen LogP contribution in [0.15, 0.2) is 4.99 Å². The molecule has 0 saturated heterocycles. The normalized spacial score (nSPS) is 34.9. The van der Waals surface area contributed by atoms with Crippen molar-refractivity contribution in [2.24, 2.45) is 4.99 Å². The molecule has 86 valence electrons. The van der Waals surface area contributed by atoms with Crippen LogP contribution < -0.4 is 0 Å². The molecular weight excluding hydrogens is 227 g/mol. The number of hydrogen-bond donors (Lipinski definition) is 1. The Balaban J connectivity index is 2.30. The van der Waals surface area contributed by atoms with Crippen LogP contribution in [0.25, 0.3) is 0 Å². The molecule has 0 bridgehead atoms. The van der Waals surface area contributed by atoms with Crippen molar-refractivity contribution < 1.29 is 18.3 Å². The third kappa shape index (κ3) is 1.78. The van der Waals surface area contributed by atoms with Gasteiger partial charge in [-0.05, 0) is 19.8 Å². The molecule has 2 nitrogen and oxygen atoms in total. The average Bonchev–Trinajstić information content (AvgIpc) is 1.97. The van der Waals surface area contributed by atoms with Crippen LogP contribution in [0.2, 0.25) is 0 Å². The van der Waals surface area contributed by atoms with Gasteiger partial charge in [0.05, 0.1) is 5.04 Å². The first-order chi connectivity index (χ1) is 6.77. The van der Waals surface area contributed by atoms with E-state index < -0.39 is 16.6 Å². The number of thioether (sulfide) groups is 1. The van der Waals surface area contributed by atoms with Gasteiger partial charge in [0.25, 0.3) is 5.72 Å². The van der Waals surface area contributed by atoms with E-state index in [-0.39, 0.29) is 6.42 Å². The molecule has 0 aromatic heterocycles. The Kier molecular flexibility index (Phi) is 2.35. The Bertz CT molecular complexity index is 311. The highest BCUT2D eigenvalue weighted by atomic mass is 32.2. The average molecular weight is 239 g/mol. The lowest BCUT2D eigenvalue weighted by atomic mass is 9.78. The van der Waals surface area contributed by atoms with E-state index in [1.165, 1.54) is 18.7 Å². The Morgan fingerprint density at radius 1 is 1.40 bits per heavy atom. The summed E-state index contributed by atoms with van der Waals surface area (Å²) < 4.78 is 37.5. The van der Waals surface area contributed by atoms with Crippen molar-refractivity contribution in [2.45, 2.75) is 49.3 Å². The highest BCUT2D eigenvalue weighted by molar-refractivity contribution is 8.15. The van der Waals surface area contributed by atoms with Gasteiger partial charge < -0.3 is 5.11 Å². The van der Waals surface area contributed by atoms with Crippen molar-refractivity contribution in [1.29, 1.82) is 0 Å². The molecule has 6 heteroatoms. The molecule has 1 fully saturated rings. The summed E-state index contributed by atoms with van der Waals surface area (Å²) in [6, 6.07) is 0. The van der Waals surface area contributed by atoms with E-state index in [9.17, 15) is 18.3 Å². The van der Waals surface area contributed by atoms with E-state index in [1.54, 1.807) is 0 Å². The van der Waals surface area contributed by atoms with Crippen LogP contribution in [-0.4, -0.2) is 26.8 Å². The second kappa shape index (κ2) is 3.13. The number of alkyl halides is 3. The summed E-state index contributed by atoms with van der Waals surface area (Å²) in [6.45, 7) is 1.53. The zero-order chi connectivity index (χ0) is 11.3. The molecule has 1 saturated carbocycles. The highest BCUT2D eigenvalue weighted by Crippen LogP contribution is 2.55. The molecule has 1 atom stereocenters. The van der Waals surface area contributed by atoms with Crippen LogP contribution in [0.1, 0.15) is 32.6 Å². The quantitative estimate of drug-likeness (QED) is 0.705. The van der Waals surface area contributed by atoms with Gasteiger partial charge in [-0.1, -0.05) is 6.42 Å². The Labute approximate surface area is 90.0 Å². The maximum Gasteiger partial charge on any atom is 0.438 e. The molecule has 0 aromatic rings. The molecule has 1 spiro atoms. The first-order valence-electron chi connectivity index (χ1n) is 4.81. The van der Waals surface area contributed by atoms with Crippen LogP contribution in [0.5, 0.6) is 0 Å². The fourth-order valence-electron chi connectivity index (χ4n) is 2.14. The maximum atomic E-state index is 12.6. The second-order valence-corrected chi connectivity index (χ2v) is 5.92. The lowest BCUT2D eigenvalue weighted by Crippen LogP contribution is -2.54. The maximum absolute atomic E-state index is 12.6. The van der Waals surface area contributed by atoms with Crippen LogP contribution in [0, 0.1) is 0 Å². The Morgan fingerprint density at radius 2 is 2.00 bits per heavy atom. The van der Waals surface area contributed by atoms with Crippen molar-refractivity contribution in [3.05, 3.63) is 0 Å². The first-order valence-corrected chi connectivity index (χ1v) is 5.63. The topological polar surface area (TPSA) is 32.6 Å². The van der Waals surface area contributed by atoms with Crippen molar-refractivity contribution >= 4 is 16.8 Å². The van der Waals surface area contributed by atoms with Gasteiger partial charge in [0, 0.05) is 11.2 Å². The molecule has 2 rings (SSSR count). The van der Waals surface area contributed by atoms with Gasteiger partial charge in [-0.25, -0.2) is 4.99 Å². The molecular formula is C9H12F3NOS. The minimum Gasteiger partial charge on any atom is -0.362 e. The van der Waals surface area contributed by atoms with Gasteiger partial charge in [-0.3, -0.25) is 0 Å². The van der Waals surface area contributed by atoms with Gasteiger partial charge in [0.2, 0.25) is 0 Å². The zero-order valence-electron chi connectivity index (χ0n) is 8.26. The molecule has 1 N–H and O–H groups in total. The summed E-state index contributed by atoms with van der Waals surface area (Å²) in [4.78, 5) is 3.37. The van der Waals surface area contributed by atoms with Gasteiger partial charge in [-0.15, -0.1) is 11.8 Å². The fourth-order valence-corrected chi connectivity index (χ4v) is 3.72. The number of halogens is 3. The summed E-state index contributed by atoms with van der Waals surface area (Å²) in [5, 5.41) is 9.89. The number of hydrogen-bond acceptors (Lipinski definition) is 3. The van der Waals surface area contributed by atoms with Crippen molar-refractivity contribution in [3.8, 4) is 0 Å². The summed E-state index contributed by atoms with van der Waals surface area (Å²) in [7, 11) is 0. The van der Waals surface area contributed by atoms with E-state index in [2.05, 4.69) is 4.99 Å². The van der Waals surface area contributed by atoms with E-state index in [4.69, 9.17) is 0 Å². The number of aliphatic imine (C=N–C) groups is 1. The van der Waals surface area contributed by atoms with E-state index >= 15 is 0 Å². The van der Waals surface area contributed by atoms with Crippen LogP contribution >= 0.6 is 11.8 Å². The molecule has 1 aliphatic heterocycles. The predicted octanol–water partition coefficient (Wildman–Crippen LogP) is 2.72. The number of rotatable bonds is 0. The lowest BCUT2D eigenvalue weighted by Gasteiger charge is -2.48. The third-order valence-electron chi connectivity index (χ3n) is 2.99. The number of nitrogens with zero attached hydrogens (tertiary/aromatic N) is 1. The summed E-state index contributed by atoms with van der Waals surface area (Å²) in [5.41, 5.74) is -2.86. The van der Waals surface area contributed by atoms with Crippen LogP contribution in [0.3, 0.4) is 0 Å². The minimum absolute atomic E-state index is 0.300. The van der Waals surface area contributed by atoms with E-state index in [0.29, 0.717) is 5.04 Å². The molecule has 0 aromatic carbocycles. The molecule has 0 radical (unpaired) electrons. The van der Waals surface area contributed by atoms with E-state index in [1.807, 2.05) is 0 Å². The van der Waals surface area contributed by atoms with Crippen molar-refractivity contribution in [3.63, 3.8) is 0 Å². The smallest absolute Gasteiger partial charge is 0.362 e. The molecule has 0 amide bonds. The lowest BCUT2D eigenvalue weighted by molar-refractivity contribution is -0.263. The van der Waals surface area contributed by atoms with Crippen LogP contribution in [0.4, 0.5) is 13.2 Å². The standard InChI is InChI=1S/C9H12F3NOS/c1-6-13-8(14,9(10,11)12)5-7(15-6)3-2-4-7/h14H,2-5H2,1H3/t8-/m1/s1. The van der Waals surface area contributed by atoms with E-state index in [0.717, 1.165) is 19.3 Å². The van der Waals surface area contributed by atoms with Gasteiger partial charge >= 0.3 is 6.18 Å². The SMILES string of the molecule is CC1=N[C@](O)(C(F)(F)F)CC2(CCC2)S1. The van der Waals surface area contributed by atoms with Crippen LogP contribution in [-0.2, 0) is 0 Å². The largest absolute Gasteiger partial charge is 0.438 e. The number of aliphatic hydroxyl groups is 1. The molecule has 1 aliphatic carbocycles. The fraction of sp³-hybridized carbons (Fsp3) is 0.889. The highest BCUT2D eigenvalue weighted by Gasteiger charge is 2.61. The first kappa shape index (κ1) is 11.3. The Hall–Kier alpha value is -0.230. The zero-order valence-corrected chi connectivity index (χ0v) is 9.08. The monoisotopic (exact) mass is 239 g/mol. The molecule has 1 heterocycles.